The number of likely N-dealkylation sites (tertiary alicyclic amines) is 1. The van der Waals surface area contributed by atoms with Gasteiger partial charge in [0.05, 0.1) is 7.11 Å². The molecular formula is C16H30N2O2. The van der Waals surface area contributed by atoms with Gasteiger partial charge in [-0.1, -0.05) is 13.8 Å². The second-order valence-electron chi connectivity index (χ2n) is 7.18. The predicted molar refractivity (Wildman–Crippen MR) is 80.5 cm³/mol. The number of esters is 1. The third-order valence-corrected chi connectivity index (χ3v) is 4.91. The molecule has 2 fully saturated rings. The van der Waals surface area contributed by atoms with Crippen molar-refractivity contribution in [3.05, 3.63) is 0 Å². The Kier molecular flexibility index (Phi) is 4.75. The lowest BCUT2D eigenvalue weighted by Gasteiger charge is -2.37. The number of nitrogens with zero attached hydrogens (tertiary/aromatic N) is 1. The number of hydrogen-bond donors (Lipinski definition) is 1. The number of hydrogen-bond acceptors (Lipinski definition) is 4. The Labute approximate surface area is 123 Å². The van der Waals surface area contributed by atoms with E-state index in [0.717, 1.165) is 32.5 Å². The van der Waals surface area contributed by atoms with E-state index >= 15 is 0 Å². The Hall–Kier alpha value is -0.610. The Morgan fingerprint density at radius 3 is 2.25 bits per heavy atom. The van der Waals surface area contributed by atoms with Gasteiger partial charge in [0.1, 0.15) is 5.54 Å². The van der Waals surface area contributed by atoms with Crippen molar-refractivity contribution in [2.45, 2.75) is 52.1 Å². The van der Waals surface area contributed by atoms with Crippen molar-refractivity contribution in [2.24, 2.45) is 17.8 Å². The van der Waals surface area contributed by atoms with Crippen LogP contribution in [0.5, 0.6) is 0 Å². The minimum absolute atomic E-state index is 0.0825. The maximum absolute atomic E-state index is 12.5. The second kappa shape index (κ2) is 6.02. The molecule has 0 aromatic carbocycles. The molecule has 1 aliphatic carbocycles. The summed E-state index contributed by atoms with van der Waals surface area (Å²) in [6.07, 6.45) is 2.27. The Morgan fingerprint density at radius 1 is 1.30 bits per heavy atom. The summed E-state index contributed by atoms with van der Waals surface area (Å²) in [4.78, 5) is 14.9. The minimum Gasteiger partial charge on any atom is -0.468 e. The average Bonchev–Trinajstić information content (AvgIpc) is 3.16. The van der Waals surface area contributed by atoms with Gasteiger partial charge in [0.2, 0.25) is 0 Å². The summed E-state index contributed by atoms with van der Waals surface area (Å²) in [5, 5.41) is 3.55. The van der Waals surface area contributed by atoms with E-state index in [1.54, 1.807) is 0 Å². The molecule has 4 nitrogen and oxygen atoms in total. The van der Waals surface area contributed by atoms with Crippen LogP contribution >= 0.6 is 0 Å². The van der Waals surface area contributed by atoms with Crippen molar-refractivity contribution in [3.63, 3.8) is 0 Å². The highest BCUT2D eigenvalue weighted by atomic mass is 16.5. The van der Waals surface area contributed by atoms with E-state index in [1.165, 1.54) is 7.11 Å². The zero-order valence-corrected chi connectivity index (χ0v) is 13.6. The molecule has 1 aliphatic heterocycles. The van der Waals surface area contributed by atoms with Gasteiger partial charge >= 0.3 is 5.97 Å². The van der Waals surface area contributed by atoms with Crippen LogP contribution in [0.3, 0.4) is 0 Å². The molecule has 0 spiro atoms. The molecule has 4 heteroatoms. The Bertz CT molecular complexity index is 344. The van der Waals surface area contributed by atoms with Crippen molar-refractivity contribution in [3.8, 4) is 0 Å². The number of nitrogens with one attached hydrogen (secondary N) is 1. The lowest BCUT2D eigenvalue weighted by Crippen LogP contribution is -2.62. The lowest BCUT2D eigenvalue weighted by molar-refractivity contribution is -0.151. The van der Waals surface area contributed by atoms with Gasteiger partial charge in [-0.2, -0.15) is 0 Å². The minimum atomic E-state index is -0.507. The molecule has 116 valence electrons. The summed E-state index contributed by atoms with van der Waals surface area (Å²) in [5.41, 5.74) is -0.507. The molecule has 0 amide bonds. The fraction of sp³-hybridized carbons (Fsp3) is 0.938. The number of carbonyl (C=O) groups is 1. The van der Waals surface area contributed by atoms with Gasteiger partial charge in [0.25, 0.3) is 0 Å². The van der Waals surface area contributed by atoms with Crippen LogP contribution < -0.4 is 5.32 Å². The van der Waals surface area contributed by atoms with E-state index in [1.807, 2.05) is 0 Å². The van der Waals surface area contributed by atoms with Crippen LogP contribution in [-0.2, 0) is 9.53 Å². The second-order valence-corrected chi connectivity index (χ2v) is 7.18. The monoisotopic (exact) mass is 282 g/mol. The first-order chi connectivity index (χ1) is 9.39. The third-order valence-electron chi connectivity index (χ3n) is 4.91. The number of methoxy groups -OCH3 is 1. The first-order valence-electron chi connectivity index (χ1n) is 7.97. The molecule has 1 saturated heterocycles. The molecular weight excluding hydrogens is 252 g/mol. The van der Waals surface area contributed by atoms with Crippen molar-refractivity contribution in [1.82, 2.24) is 10.2 Å². The maximum atomic E-state index is 12.5. The van der Waals surface area contributed by atoms with Crippen LogP contribution in [0.1, 0.15) is 40.5 Å². The predicted octanol–water partition coefficient (Wildman–Crippen LogP) is 1.89. The van der Waals surface area contributed by atoms with Gasteiger partial charge in [-0.05, 0) is 44.4 Å². The smallest absolute Gasteiger partial charge is 0.327 e. The van der Waals surface area contributed by atoms with Crippen LogP contribution in [0.15, 0.2) is 0 Å². The number of rotatable bonds is 6. The quantitative estimate of drug-likeness (QED) is 0.756. The molecule has 0 aromatic heterocycles. The molecule has 0 aromatic rings. The van der Waals surface area contributed by atoms with E-state index in [4.69, 9.17) is 4.74 Å². The average molecular weight is 282 g/mol. The topological polar surface area (TPSA) is 41.6 Å². The molecule has 1 saturated carbocycles. The van der Waals surface area contributed by atoms with Crippen LogP contribution in [0.4, 0.5) is 0 Å². The van der Waals surface area contributed by atoms with Crippen LogP contribution in [0.25, 0.3) is 0 Å². The summed E-state index contributed by atoms with van der Waals surface area (Å²) < 4.78 is 5.15. The highest BCUT2D eigenvalue weighted by Gasteiger charge is 2.53. The Balaban J connectivity index is 2.15. The molecule has 0 bridgehead atoms. The highest BCUT2D eigenvalue weighted by Crippen LogP contribution is 2.42. The molecule has 3 atom stereocenters. The first kappa shape index (κ1) is 15.8. The molecule has 3 unspecified atom stereocenters. The van der Waals surface area contributed by atoms with E-state index in [0.29, 0.717) is 17.8 Å². The van der Waals surface area contributed by atoms with Gasteiger partial charge in [-0.3, -0.25) is 5.32 Å². The number of ether oxygens (including phenoxy) is 1. The van der Waals surface area contributed by atoms with Crippen LogP contribution in [-0.4, -0.2) is 49.2 Å². The summed E-state index contributed by atoms with van der Waals surface area (Å²) in [6.45, 7) is 11.8. The Morgan fingerprint density at radius 2 is 1.85 bits per heavy atom. The highest BCUT2D eigenvalue weighted by molar-refractivity contribution is 5.82. The molecule has 2 aliphatic rings. The van der Waals surface area contributed by atoms with Crippen molar-refractivity contribution >= 4 is 5.97 Å². The fourth-order valence-corrected chi connectivity index (χ4v) is 3.59. The molecule has 1 N–H and O–H groups in total. The lowest BCUT2D eigenvalue weighted by atomic mass is 9.91. The van der Waals surface area contributed by atoms with Crippen LogP contribution in [0, 0.1) is 17.8 Å². The number of carbonyl (C=O) groups excluding carboxylic acids is 1. The largest absolute Gasteiger partial charge is 0.468 e. The van der Waals surface area contributed by atoms with Crippen molar-refractivity contribution in [1.29, 1.82) is 0 Å². The fourth-order valence-electron chi connectivity index (χ4n) is 3.59. The van der Waals surface area contributed by atoms with Gasteiger partial charge in [0.15, 0.2) is 0 Å². The first-order valence-corrected chi connectivity index (χ1v) is 7.97. The van der Waals surface area contributed by atoms with E-state index < -0.39 is 5.54 Å². The van der Waals surface area contributed by atoms with E-state index in [9.17, 15) is 4.79 Å². The van der Waals surface area contributed by atoms with Gasteiger partial charge in [0, 0.05) is 25.7 Å². The summed E-state index contributed by atoms with van der Waals surface area (Å²) in [7, 11) is 1.51. The van der Waals surface area contributed by atoms with Gasteiger partial charge in [-0.15, -0.1) is 0 Å². The van der Waals surface area contributed by atoms with Crippen molar-refractivity contribution < 1.29 is 9.53 Å². The third kappa shape index (κ3) is 3.17. The summed E-state index contributed by atoms with van der Waals surface area (Å²) in [5.74, 6) is 1.77. The summed E-state index contributed by atoms with van der Waals surface area (Å²) >= 11 is 0. The van der Waals surface area contributed by atoms with Gasteiger partial charge in [-0.25, -0.2) is 4.79 Å². The zero-order valence-electron chi connectivity index (χ0n) is 13.6. The van der Waals surface area contributed by atoms with E-state index in [2.05, 4.69) is 37.9 Å². The maximum Gasteiger partial charge on any atom is 0.327 e. The molecule has 1 heterocycles. The van der Waals surface area contributed by atoms with E-state index in [-0.39, 0.29) is 12.0 Å². The summed E-state index contributed by atoms with van der Waals surface area (Å²) in [6, 6.07) is 0.284. The molecule has 20 heavy (non-hydrogen) atoms. The normalized spacial score (nSPS) is 30.5. The molecule has 2 rings (SSSR count). The molecule has 0 radical (unpaired) electrons. The van der Waals surface area contributed by atoms with Crippen LogP contribution in [0.2, 0.25) is 0 Å². The standard InChI is InChI=1S/C16H30N2O2/c1-11(2)17-16(14-6-7-14,15(19)20-5)10-18-8-12(3)13(4)9-18/h11-14,17H,6-10H2,1-5H3. The SMILES string of the molecule is COC(=O)C(CN1CC(C)C(C)C1)(NC(C)C)C1CC1. The zero-order chi connectivity index (χ0) is 14.9. The van der Waals surface area contributed by atoms with Gasteiger partial charge < -0.3 is 9.64 Å². The van der Waals surface area contributed by atoms with Crippen molar-refractivity contribution in [2.75, 3.05) is 26.7 Å².